The summed E-state index contributed by atoms with van der Waals surface area (Å²) in [5.74, 6) is -0.943. The maximum atomic E-state index is 14.0. The summed E-state index contributed by atoms with van der Waals surface area (Å²) in [6.07, 6.45) is -5.15. The highest BCUT2D eigenvalue weighted by Crippen LogP contribution is 2.38. The van der Waals surface area contributed by atoms with Gasteiger partial charge in [0.15, 0.2) is 0 Å². The van der Waals surface area contributed by atoms with E-state index in [0.29, 0.717) is 25.5 Å². The number of alkyl halides is 4. The number of anilines is 2. The number of esters is 1. The van der Waals surface area contributed by atoms with E-state index in [4.69, 9.17) is 4.74 Å². The lowest BCUT2D eigenvalue weighted by Gasteiger charge is -2.32. The molecule has 1 unspecified atom stereocenters. The van der Waals surface area contributed by atoms with E-state index < -0.39 is 38.8 Å². The van der Waals surface area contributed by atoms with Gasteiger partial charge in [0.2, 0.25) is 0 Å². The van der Waals surface area contributed by atoms with E-state index in [1.807, 2.05) is 0 Å². The van der Waals surface area contributed by atoms with Crippen molar-refractivity contribution in [2.45, 2.75) is 30.1 Å². The average Bonchev–Trinajstić information content (AvgIpc) is 2.77. The second kappa shape index (κ2) is 9.46. The summed E-state index contributed by atoms with van der Waals surface area (Å²) >= 11 is 0. The molecule has 180 valence electrons. The topological polar surface area (TPSA) is 84.9 Å². The molecule has 0 amide bonds. The van der Waals surface area contributed by atoms with Crippen molar-refractivity contribution < 1.29 is 40.2 Å². The number of piperidine rings is 1. The Bertz CT molecular complexity index is 1140. The lowest BCUT2D eigenvalue weighted by molar-refractivity contribution is -0.137. The summed E-state index contributed by atoms with van der Waals surface area (Å²) in [7, 11) is -2.21. The predicted octanol–water partition coefficient (Wildman–Crippen LogP) is 4.24. The highest BCUT2D eigenvalue weighted by molar-refractivity contribution is 7.92. The summed E-state index contributed by atoms with van der Waals surface area (Å²) < 4.78 is 92.2. The van der Waals surface area contributed by atoms with Crippen molar-refractivity contribution in [2.24, 2.45) is 0 Å². The predicted molar refractivity (Wildman–Crippen MR) is 113 cm³/mol. The number of ether oxygens (including phenoxy) is 2. The Morgan fingerprint density at radius 3 is 2.48 bits per heavy atom. The maximum Gasteiger partial charge on any atom is 0.416 e. The molecule has 0 spiro atoms. The third kappa shape index (κ3) is 5.49. The van der Waals surface area contributed by atoms with E-state index in [1.54, 1.807) is 0 Å². The standard InChI is InChI=1S/C21H22F4N2O5S/c1-31-18-8-5-13(20(28)32-2)10-19(18)33(29,30)26-16-11-14(21(23,24)25)6-7-17(16)27-9-3-4-15(22)12-27/h5-8,10-11,15,26H,3-4,9,12H2,1-2H3. The van der Waals surface area contributed by atoms with Gasteiger partial charge in [0.05, 0.1) is 36.7 Å². The Morgan fingerprint density at radius 1 is 1.15 bits per heavy atom. The number of halogens is 4. The molecular formula is C21H22F4N2O5S. The summed E-state index contributed by atoms with van der Waals surface area (Å²) in [5.41, 5.74) is -1.44. The van der Waals surface area contributed by atoms with Crippen LogP contribution in [-0.2, 0) is 20.9 Å². The second-order valence-electron chi connectivity index (χ2n) is 7.38. The summed E-state index contributed by atoms with van der Waals surface area (Å²) in [6, 6.07) is 6.10. The van der Waals surface area contributed by atoms with Crippen LogP contribution < -0.4 is 14.4 Å². The number of carbonyl (C=O) groups excluding carboxylic acids is 1. The molecule has 0 aliphatic carbocycles. The number of rotatable bonds is 6. The van der Waals surface area contributed by atoms with Gasteiger partial charge in [-0.05, 0) is 49.2 Å². The summed E-state index contributed by atoms with van der Waals surface area (Å²) in [5, 5.41) is 0. The second-order valence-corrected chi connectivity index (χ2v) is 9.03. The normalized spacial score (nSPS) is 16.9. The molecule has 1 N–H and O–H groups in total. The van der Waals surface area contributed by atoms with Crippen LogP contribution >= 0.6 is 0 Å². The Morgan fingerprint density at radius 2 is 1.88 bits per heavy atom. The van der Waals surface area contributed by atoms with E-state index in [9.17, 15) is 30.8 Å². The number of nitrogens with one attached hydrogen (secondary N) is 1. The lowest BCUT2D eigenvalue weighted by Crippen LogP contribution is -2.37. The first-order valence-corrected chi connectivity index (χ1v) is 11.3. The van der Waals surface area contributed by atoms with Crippen molar-refractivity contribution in [3.8, 4) is 5.75 Å². The van der Waals surface area contributed by atoms with Crippen LogP contribution in [0.25, 0.3) is 0 Å². The van der Waals surface area contributed by atoms with Crippen LogP contribution in [0.3, 0.4) is 0 Å². The fraction of sp³-hybridized carbons (Fsp3) is 0.381. The van der Waals surface area contributed by atoms with E-state index in [2.05, 4.69) is 9.46 Å². The minimum absolute atomic E-state index is 0.0821. The van der Waals surface area contributed by atoms with Crippen LogP contribution in [0, 0.1) is 0 Å². The average molecular weight is 490 g/mol. The number of methoxy groups -OCH3 is 2. The molecule has 1 atom stereocenters. The van der Waals surface area contributed by atoms with E-state index in [0.717, 1.165) is 25.3 Å². The Hall–Kier alpha value is -3.02. The molecule has 1 heterocycles. The SMILES string of the molecule is COC(=O)c1ccc(OC)c(S(=O)(=O)Nc2cc(C(F)(F)F)ccc2N2CCCC(F)C2)c1. The smallest absolute Gasteiger partial charge is 0.416 e. The van der Waals surface area contributed by atoms with Crippen molar-refractivity contribution in [3.05, 3.63) is 47.5 Å². The molecule has 0 bridgehead atoms. The largest absolute Gasteiger partial charge is 0.495 e. The fourth-order valence-corrected chi connectivity index (χ4v) is 4.81. The Labute approximate surface area is 188 Å². The minimum atomic E-state index is -4.73. The molecule has 1 saturated heterocycles. The zero-order valence-corrected chi connectivity index (χ0v) is 18.6. The first-order chi connectivity index (χ1) is 15.5. The molecule has 12 heteroatoms. The van der Waals surface area contributed by atoms with Gasteiger partial charge >= 0.3 is 12.1 Å². The monoisotopic (exact) mass is 490 g/mol. The quantitative estimate of drug-likeness (QED) is 0.482. The first kappa shape index (κ1) is 24.6. The van der Waals surface area contributed by atoms with Crippen LogP contribution in [0.1, 0.15) is 28.8 Å². The van der Waals surface area contributed by atoms with Gasteiger partial charge in [-0.25, -0.2) is 17.6 Å². The molecule has 2 aromatic rings. The van der Waals surface area contributed by atoms with Gasteiger partial charge in [-0.2, -0.15) is 13.2 Å². The Balaban J connectivity index is 2.09. The number of nitrogens with zero attached hydrogens (tertiary/aromatic N) is 1. The molecule has 33 heavy (non-hydrogen) atoms. The maximum absolute atomic E-state index is 14.0. The molecule has 1 aliphatic rings. The Kier molecular flexibility index (Phi) is 7.06. The van der Waals surface area contributed by atoms with Crippen LogP contribution in [0.2, 0.25) is 0 Å². The number of hydrogen-bond acceptors (Lipinski definition) is 6. The summed E-state index contributed by atoms with van der Waals surface area (Å²) in [6.45, 7) is 0.267. The van der Waals surface area contributed by atoms with Crippen molar-refractivity contribution >= 4 is 27.4 Å². The molecule has 0 saturated carbocycles. The van der Waals surface area contributed by atoms with E-state index in [1.165, 1.54) is 24.1 Å². The van der Waals surface area contributed by atoms with E-state index >= 15 is 0 Å². The van der Waals surface area contributed by atoms with Crippen molar-refractivity contribution in [3.63, 3.8) is 0 Å². The molecule has 0 radical (unpaired) electrons. The number of benzene rings is 2. The van der Waals surface area contributed by atoms with Gasteiger partial charge in [-0.15, -0.1) is 0 Å². The van der Waals surface area contributed by atoms with Crippen molar-refractivity contribution in [1.82, 2.24) is 0 Å². The van der Waals surface area contributed by atoms with Crippen LogP contribution in [-0.4, -0.2) is 47.9 Å². The molecule has 3 rings (SSSR count). The zero-order chi connectivity index (χ0) is 24.4. The van der Waals surface area contributed by atoms with Crippen LogP contribution in [0.5, 0.6) is 5.75 Å². The fourth-order valence-electron chi connectivity index (χ4n) is 3.55. The van der Waals surface area contributed by atoms with Gasteiger partial charge in [-0.3, -0.25) is 4.72 Å². The van der Waals surface area contributed by atoms with Crippen LogP contribution in [0.15, 0.2) is 41.3 Å². The molecule has 1 aliphatic heterocycles. The molecule has 7 nitrogen and oxygen atoms in total. The molecule has 2 aromatic carbocycles. The number of sulfonamides is 1. The van der Waals surface area contributed by atoms with Gasteiger partial charge in [-0.1, -0.05) is 0 Å². The van der Waals surface area contributed by atoms with Gasteiger partial charge in [0, 0.05) is 13.1 Å². The third-order valence-electron chi connectivity index (χ3n) is 5.15. The third-order valence-corrected chi connectivity index (χ3v) is 6.53. The number of hydrogen-bond donors (Lipinski definition) is 1. The molecule has 0 aromatic heterocycles. The van der Waals surface area contributed by atoms with E-state index in [-0.39, 0.29) is 29.2 Å². The highest BCUT2D eigenvalue weighted by atomic mass is 32.2. The molecule has 1 fully saturated rings. The van der Waals surface area contributed by atoms with Gasteiger partial charge < -0.3 is 14.4 Å². The van der Waals surface area contributed by atoms with Gasteiger partial charge in [0.25, 0.3) is 10.0 Å². The van der Waals surface area contributed by atoms with Crippen LogP contribution in [0.4, 0.5) is 28.9 Å². The zero-order valence-electron chi connectivity index (χ0n) is 17.8. The molecular weight excluding hydrogens is 468 g/mol. The number of carbonyl (C=O) groups is 1. The van der Waals surface area contributed by atoms with Crippen molar-refractivity contribution in [1.29, 1.82) is 0 Å². The lowest BCUT2D eigenvalue weighted by atomic mass is 10.1. The first-order valence-electron chi connectivity index (χ1n) is 9.85. The highest BCUT2D eigenvalue weighted by Gasteiger charge is 2.33. The minimum Gasteiger partial charge on any atom is -0.495 e. The summed E-state index contributed by atoms with van der Waals surface area (Å²) in [4.78, 5) is 12.9. The van der Waals surface area contributed by atoms with Gasteiger partial charge in [0.1, 0.15) is 16.8 Å². The van der Waals surface area contributed by atoms with Crippen molar-refractivity contribution in [2.75, 3.05) is 36.9 Å².